The van der Waals surface area contributed by atoms with E-state index in [1.54, 1.807) is 0 Å². The summed E-state index contributed by atoms with van der Waals surface area (Å²) in [5, 5.41) is 0. The lowest BCUT2D eigenvalue weighted by Crippen LogP contribution is -2.41. The van der Waals surface area contributed by atoms with Crippen LogP contribution in [0.1, 0.15) is 32.0 Å². The van der Waals surface area contributed by atoms with Gasteiger partial charge >= 0.3 is 0 Å². The Balaban J connectivity index is 2.08. The maximum Gasteiger partial charge on any atom is 0.115 e. The first-order valence-corrected chi connectivity index (χ1v) is 7.49. The van der Waals surface area contributed by atoms with E-state index in [0.29, 0.717) is 17.8 Å². The number of benzene rings is 1. The second-order valence-electron chi connectivity index (χ2n) is 5.57. The van der Waals surface area contributed by atoms with Gasteiger partial charge in [0.25, 0.3) is 0 Å². The van der Waals surface area contributed by atoms with E-state index >= 15 is 0 Å². The van der Waals surface area contributed by atoms with Gasteiger partial charge in [-0.3, -0.25) is 4.90 Å². The molecule has 0 spiro atoms. The molecule has 1 aromatic carbocycles. The Kier molecular flexibility index (Phi) is 3.50. The van der Waals surface area contributed by atoms with Crippen LogP contribution in [0.25, 0.3) is 11.0 Å². The van der Waals surface area contributed by atoms with Crippen LogP contribution in [0.5, 0.6) is 0 Å². The van der Waals surface area contributed by atoms with E-state index < -0.39 is 0 Å². The maximum atomic E-state index is 5.97. The van der Waals surface area contributed by atoms with E-state index in [9.17, 15) is 0 Å². The van der Waals surface area contributed by atoms with Gasteiger partial charge in [0.1, 0.15) is 5.82 Å². The van der Waals surface area contributed by atoms with E-state index in [-0.39, 0.29) is 0 Å². The van der Waals surface area contributed by atoms with Gasteiger partial charge in [-0.1, -0.05) is 12.1 Å². The van der Waals surface area contributed by atoms with Crippen molar-refractivity contribution in [1.29, 1.82) is 0 Å². The molecule has 0 amide bonds. The minimum atomic E-state index is 0.445. The zero-order valence-electron chi connectivity index (χ0n) is 11.5. The van der Waals surface area contributed by atoms with E-state index in [4.69, 9.17) is 16.6 Å². The molecule has 4 heteroatoms. The number of alkyl halides is 1. The predicted octanol–water partition coefficient (Wildman–Crippen LogP) is 3.43. The van der Waals surface area contributed by atoms with Crippen LogP contribution in [0.3, 0.4) is 0 Å². The fourth-order valence-corrected chi connectivity index (χ4v) is 3.15. The minimum absolute atomic E-state index is 0.445. The van der Waals surface area contributed by atoms with Crippen molar-refractivity contribution in [2.75, 3.05) is 12.4 Å². The van der Waals surface area contributed by atoms with Gasteiger partial charge in [0, 0.05) is 24.4 Å². The van der Waals surface area contributed by atoms with Crippen molar-refractivity contribution < 1.29 is 0 Å². The summed E-state index contributed by atoms with van der Waals surface area (Å²) in [5.74, 6) is 2.35. The van der Waals surface area contributed by atoms with E-state index in [1.807, 2.05) is 0 Å². The molecule has 1 aliphatic rings. The molecule has 0 aliphatic carbocycles. The van der Waals surface area contributed by atoms with Crippen LogP contribution >= 0.6 is 11.6 Å². The van der Waals surface area contributed by atoms with Gasteiger partial charge in [-0.2, -0.15) is 0 Å². The number of nitrogens with zero attached hydrogens (tertiary/aromatic N) is 3. The third kappa shape index (κ3) is 2.26. The summed E-state index contributed by atoms with van der Waals surface area (Å²) in [4.78, 5) is 7.32. The summed E-state index contributed by atoms with van der Waals surface area (Å²) in [6, 6.07) is 8.94. The molecule has 0 saturated heterocycles. The summed E-state index contributed by atoms with van der Waals surface area (Å²) in [7, 11) is 0. The quantitative estimate of drug-likeness (QED) is 0.802. The Morgan fingerprint density at radius 3 is 2.89 bits per heavy atom. The first-order chi connectivity index (χ1) is 9.20. The van der Waals surface area contributed by atoms with Crippen LogP contribution < -0.4 is 0 Å². The molecule has 1 aromatic heterocycles. The number of aromatic nitrogens is 2. The average molecular weight is 278 g/mol. The summed E-state index contributed by atoms with van der Waals surface area (Å²) in [5.41, 5.74) is 2.34. The lowest BCUT2D eigenvalue weighted by molar-refractivity contribution is 0.133. The van der Waals surface area contributed by atoms with Crippen LogP contribution in [0.2, 0.25) is 0 Å². The van der Waals surface area contributed by atoms with Crippen molar-refractivity contribution in [1.82, 2.24) is 14.5 Å². The summed E-state index contributed by atoms with van der Waals surface area (Å²) in [6.07, 6.45) is 0.994. The zero-order chi connectivity index (χ0) is 13.4. The van der Waals surface area contributed by atoms with Crippen molar-refractivity contribution >= 4 is 22.6 Å². The van der Waals surface area contributed by atoms with Crippen LogP contribution in [0.15, 0.2) is 24.3 Å². The number of rotatable bonds is 3. The molecule has 0 saturated carbocycles. The van der Waals surface area contributed by atoms with Gasteiger partial charge in [-0.05, 0) is 32.4 Å². The Labute approximate surface area is 119 Å². The highest BCUT2D eigenvalue weighted by Crippen LogP contribution is 2.30. The number of fused-ring (bicyclic) bond motifs is 3. The largest absolute Gasteiger partial charge is 0.314 e. The van der Waals surface area contributed by atoms with Gasteiger partial charge in [-0.25, -0.2) is 4.98 Å². The van der Waals surface area contributed by atoms with Crippen molar-refractivity contribution in [2.45, 2.75) is 38.9 Å². The molecule has 19 heavy (non-hydrogen) atoms. The topological polar surface area (TPSA) is 21.1 Å². The van der Waals surface area contributed by atoms with E-state index in [1.165, 1.54) is 11.3 Å². The fourth-order valence-electron chi connectivity index (χ4n) is 2.88. The van der Waals surface area contributed by atoms with Crippen LogP contribution in [0.4, 0.5) is 0 Å². The first kappa shape index (κ1) is 12.9. The summed E-state index contributed by atoms with van der Waals surface area (Å²) < 4.78 is 2.36. The molecule has 1 atom stereocenters. The van der Waals surface area contributed by atoms with Gasteiger partial charge in [0.2, 0.25) is 0 Å². The van der Waals surface area contributed by atoms with Crippen molar-refractivity contribution in [3.05, 3.63) is 30.1 Å². The lowest BCUT2D eigenvalue weighted by Gasteiger charge is -2.36. The average Bonchev–Trinajstić information content (AvgIpc) is 2.78. The highest BCUT2D eigenvalue weighted by molar-refractivity contribution is 6.17. The normalized spacial score (nSPS) is 20.1. The molecule has 3 rings (SSSR count). The van der Waals surface area contributed by atoms with Gasteiger partial charge < -0.3 is 4.57 Å². The Bertz CT molecular complexity index is 576. The number of imidazole rings is 1. The van der Waals surface area contributed by atoms with Crippen molar-refractivity contribution in [2.24, 2.45) is 0 Å². The SMILES string of the molecule is CC(C)N1CC(CCCl)c2nc3ccccc3n2C1. The van der Waals surface area contributed by atoms with Crippen molar-refractivity contribution in [3.63, 3.8) is 0 Å². The summed E-state index contributed by atoms with van der Waals surface area (Å²) in [6.45, 7) is 6.50. The standard InChI is InChI=1S/C15H20ClN3/c1-11(2)18-9-12(7-8-16)15-17-13-5-3-4-6-14(13)19(15)10-18/h3-6,11-12H,7-10H2,1-2H3. The van der Waals surface area contributed by atoms with Crippen molar-refractivity contribution in [3.8, 4) is 0 Å². The smallest absolute Gasteiger partial charge is 0.115 e. The van der Waals surface area contributed by atoms with E-state index in [0.717, 1.165) is 25.2 Å². The molecule has 102 valence electrons. The monoisotopic (exact) mass is 277 g/mol. The Morgan fingerprint density at radius 1 is 1.37 bits per heavy atom. The molecule has 1 aliphatic heterocycles. The molecule has 2 heterocycles. The number of para-hydroxylation sites is 2. The molecule has 3 nitrogen and oxygen atoms in total. The minimum Gasteiger partial charge on any atom is -0.314 e. The van der Waals surface area contributed by atoms with Crippen LogP contribution in [0, 0.1) is 0 Å². The third-order valence-electron chi connectivity index (χ3n) is 4.02. The van der Waals surface area contributed by atoms with Crippen LogP contribution in [-0.2, 0) is 6.67 Å². The molecular formula is C15H20ClN3. The maximum absolute atomic E-state index is 5.97. The first-order valence-electron chi connectivity index (χ1n) is 6.96. The highest BCUT2D eigenvalue weighted by atomic mass is 35.5. The highest BCUT2D eigenvalue weighted by Gasteiger charge is 2.29. The van der Waals surface area contributed by atoms with E-state index in [2.05, 4.69) is 47.6 Å². The van der Waals surface area contributed by atoms with Gasteiger partial charge in [-0.15, -0.1) is 11.6 Å². The zero-order valence-corrected chi connectivity index (χ0v) is 12.3. The predicted molar refractivity (Wildman–Crippen MR) is 79.7 cm³/mol. The molecule has 0 bridgehead atoms. The molecule has 0 N–H and O–H groups in total. The molecule has 0 radical (unpaired) electrons. The fraction of sp³-hybridized carbons (Fsp3) is 0.533. The molecule has 1 unspecified atom stereocenters. The molecule has 2 aromatic rings. The number of hydrogen-bond donors (Lipinski definition) is 0. The molecular weight excluding hydrogens is 258 g/mol. The second kappa shape index (κ2) is 5.14. The molecule has 0 fully saturated rings. The second-order valence-corrected chi connectivity index (χ2v) is 5.95. The Morgan fingerprint density at radius 2 is 2.16 bits per heavy atom. The lowest BCUT2D eigenvalue weighted by atomic mass is 10.0. The van der Waals surface area contributed by atoms with Gasteiger partial charge in [0.15, 0.2) is 0 Å². The number of hydrogen-bond acceptors (Lipinski definition) is 2. The number of halogens is 1. The summed E-state index contributed by atoms with van der Waals surface area (Å²) >= 11 is 5.97. The Hall–Kier alpha value is -1.06. The third-order valence-corrected chi connectivity index (χ3v) is 4.23. The van der Waals surface area contributed by atoms with Crippen LogP contribution in [-0.4, -0.2) is 32.9 Å². The van der Waals surface area contributed by atoms with Gasteiger partial charge in [0.05, 0.1) is 17.7 Å².